The van der Waals surface area contributed by atoms with Crippen LogP contribution in [0.2, 0.25) is 0 Å². The Hall–Kier alpha value is -2.12. The summed E-state index contributed by atoms with van der Waals surface area (Å²) < 4.78 is 0. The Morgan fingerprint density at radius 2 is 1.17 bits per heavy atom. The molecule has 0 atom stereocenters. The number of hydrogen-bond acceptors (Lipinski definition) is 6. The predicted molar refractivity (Wildman–Crippen MR) is 37.0 cm³/mol. The summed E-state index contributed by atoms with van der Waals surface area (Å²) in [6.45, 7) is 0. The molecule has 1 rings (SSSR count). The number of carbonyl (C=O) groups excluding carboxylic acids is 2. The Balaban J connectivity index is 2.70. The Labute approximate surface area is 66.4 Å². The van der Waals surface area contributed by atoms with Crippen molar-refractivity contribution in [2.75, 3.05) is 10.6 Å². The smallest absolute Gasteiger partial charge is 0.268 e. The van der Waals surface area contributed by atoms with Gasteiger partial charge in [0, 0.05) is 0 Å². The fourth-order valence-corrected chi connectivity index (χ4v) is 0.450. The van der Waals surface area contributed by atoms with Crippen molar-refractivity contribution in [3.05, 3.63) is 0 Å². The molecule has 8 nitrogen and oxygen atoms in total. The molecule has 0 aliphatic carbocycles. The number of aromatic nitrogens is 4. The second-order valence-corrected chi connectivity index (χ2v) is 1.57. The maximum absolute atomic E-state index is 9.87. The molecule has 0 aliphatic heterocycles. The molecule has 1 heterocycles. The Bertz CT molecular complexity index is 242. The molecule has 2 N–H and O–H groups in total. The van der Waals surface area contributed by atoms with Crippen molar-refractivity contribution >= 4 is 24.7 Å². The van der Waals surface area contributed by atoms with Crippen molar-refractivity contribution in [1.82, 2.24) is 20.4 Å². The van der Waals surface area contributed by atoms with E-state index in [4.69, 9.17) is 0 Å². The number of anilines is 2. The summed E-state index contributed by atoms with van der Waals surface area (Å²) in [6, 6.07) is 0. The lowest BCUT2D eigenvalue weighted by Crippen LogP contribution is -2.07. The van der Waals surface area contributed by atoms with Gasteiger partial charge in [-0.25, -0.2) is 0 Å². The molecule has 0 saturated heterocycles. The number of nitrogens with one attached hydrogen (secondary N) is 2. The van der Waals surface area contributed by atoms with Crippen molar-refractivity contribution in [3.63, 3.8) is 0 Å². The quantitative estimate of drug-likeness (QED) is 0.524. The van der Waals surface area contributed by atoms with Gasteiger partial charge in [0.05, 0.1) is 0 Å². The summed E-state index contributed by atoms with van der Waals surface area (Å²) in [6.07, 6.45) is 0.789. The van der Waals surface area contributed by atoms with E-state index < -0.39 is 0 Å². The number of hydrogen-bond donors (Lipinski definition) is 2. The van der Waals surface area contributed by atoms with Crippen LogP contribution in [0, 0.1) is 0 Å². The normalized spacial score (nSPS) is 8.67. The zero-order valence-corrected chi connectivity index (χ0v) is 5.76. The van der Waals surface area contributed by atoms with Crippen LogP contribution in [0.15, 0.2) is 0 Å². The van der Waals surface area contributed by atoms with Crippen LogP contribution >= 0.6 is 0 Å². The number of amides is 2. The van der Waals surface area contributed by atoms with Crippen molar-refractivity contribution in [1.29, 1.82) is 0 Å². The maximum Gasteiger partial charge on any atom is 0.268 e. The van der Waals surface area contributed by atoms with Gasteiger partial charge < -0.3 is 0 Å². The van der Waals surface area contributed by atoms with Gasteiger partial charge in [-0.3, -0.25) is 20.2 Å². The SMILES string of the molecule is O=CNc1nnc(NC=O)nn1. The third-order valence-electron chi connectivity index (χ3n) is 0.855. The summed E-state index contributed by atoms with van der Waals surface area (Å²) in [4.78, 5) is 19.7. The maximum atomic E-state index is 9.87. The minimum Gasteiger partial charge on any atom is -0.295 e. The molecule has 0 bridgehead atoms. The van der Waals surface area contributed by atoms with Crippen LogP contribution < -0.4 is 10.6 Å². The molecular weight excluding hydrogens is 164 g/mol. The van der Waals surface area contributed by atoms with Gasteiger partial charge in [0.15, 0.2) is 0 Å². The average molecular weight is 168 g/mol. The largest absolute Gasteiger partial charge is 0.295 e. The van der Waals surface area contributed by atoms with Gasteiger partial charge in [-0.05, 0) is 0 Å². The molecule has 1 aromatic rings. The van der Waals surface area contributed by atoms with Crippen LogP contribution in [-0.4, -0.2) is 33.2 Å². The molecule has 0 unspecified atom stereocenters. The van der Waals surface area contributed by atoms with Crippen LogP contribution in [0.3, 0.4) is 0 Å². The van der Waals surface area contributed by atoms with Crippen LogP contribution in [0.5, 0.6) is 0 Å². The molecule has 0 fully saturated rings. The third-order valence-corrected chi connectivity index (χ3v) is 0.855. The molecular formula is C4H4N6O2. The monoisotopic (exact) mass is 168 g/mol. The first kappa shape index (κ1) is 7.98. The van der Waals surface area contributed by atoms with Crippen molar-refractivity contribution in [2.24, 2.45) is 0 Å². The lowest BCUT2D eigenvalue weighted by atomic mass is 10.9. The van der Waals surface area contributed by atoms with Gasteiger partial charge >= 0.3 is 0 Å². The van der Waals surface area contributed by atoms with Crippen molar-refractivity contribution in [2.45, 2.75) is 0 Å². The zero-order valence-electron chi connectivity index (χ0n) is 5.76. The number of nitrogens with zero attached hydrogens (tertiary/aromatic N) is 4. The highest BCUT2D eigenvalue weighted by Gasteiger charge is 1.97. The summed E-state index contributed by atoms with van der Waals surface area (Å²) in [5, 5.41) is 17.9. The van der Waals surface area contributed by atoms with E-state index in [1.54, 1.807) is 0 Å². The summed E-state index contributed by atoms with van der Waals surface area (Å²) >= 11 is 0. The molecule has 0 saturated carbocycles. The molecule has 8 heteroatoms. The van der Waals surface area contributed by atoms with Crippen LogP contribution in [0.1, 0.15) is 0 Å². The van der Waals surface area contributed by atoms with Gasteiger partial charge in [-0.1, -0.05) is 0 Å². The van der Waals surface area contributed by atoms with Gasteiger partial charge in [0.25, 0.3) is 11.9 Å². The Morgan fingerprint density at radius 1 is 0.833 bits per heavy atom. The number of rotatable bonds is 4. The molecule has 1 aromatic heterocycles. The van der Waals surface area contributed by atoms with Crippen molar-refractivity contribution < 1.29 is 9.59 Å². The first-order valence-electron chi connectivity index (χ1n) is 2.84. The highest BCUT2D eigenvalue weighted by atomic mass is 16.1. The predicted octanol–water partition coefficient (Wildman–Crippen LogP) is -1.60. The second kappa shape index (κ2) is 3.91. The van der Waals surface area contributed by atoms with Crippen molar-refractivity contribution in [3.8, 4) is 0 Å². The van der Waals surface area contributed by atoms with Gasteiger partial charge in [0.1, 0.15) is 0 Å². The topological polar surface area (TPSA) is 110 Å². The minimum atomic E-state index is -0.0264. The zero-order chi connectivity index (χ0) is 8.81. The highest BCUT2D eigenvalue weighted by Crippen LogP contribution is 1.92. The van der Waals surface area contributed by atoms with E-state index in [2.05, 4.69) is 31.0 Å². The lowest BCUT2D eigenvalue weighted by Gasteiger charge is -1.94. The van der Waals surface area contributed by atoms with Gasteiger partial charge in [-0.15, -0.1) is 20.4 Å². The van der Waals surface area contributed by atoms with E-state index in [0.717, 1.165) is 0 Å². The first-order chi connectivity index (χ1) is 5.86. The molecule has 0 aliphatic rings. The first-order valence-corrected chi connectivity index (χ1v) is 2.84. The van der Waals surface area contributed by atoms with Gasteiger partial charge in [0.2, 0.25) is 12.8 Å². The molecule has 0 aromatic carbocycles. The Kier molecular flexibility index (Phi) is 2.60. The second-order valence-electron chi connectivity index (χ2n) is 1.57. The molecule has 12 heavy (non-hydrogen) atoms. The van der Waals surface area contributed by atoms with E-state index in [1.807, 2.05) is 0 Å². The molecule has 2 amide bonds. The van der Waals surface area contributed by atoms with Crippen LogP contribution in [-0.2, 0) is 9.59 Å². The Morgan fingerprint density at radius 3 is 1.42 bits per heavy atom. The highest BCUT2D eigenvalue weighted by molar-refractivity contribution is 5.67. The number of carbonyl (C=O) groups is 2. The van der Waals surface area contributed by atoms with E-state index >= 15 is 0 Å². The van der Waals surface area contributed by atoms with E-state index in [-0.39, 0.29) is 11.9 Å². The summed E-state index contributed by atoms with van der Waals surface area (Å²) in [5.41, 5.74) is 0. The standard InChI is InChI=1S/C4H4N6O2/c11-1-5-3-7-9-4(6-2-12)10-8-3/h1-2H,(H,5,7,8,11)(H,6,9,10,12). The van der Waals surface area contributed by atoms with Crippen LogP contribution in [0.25, 0.3) is 0 Å². The fraction of sp³-hybridized carbons (Fsp3) is 0. The third kappa shape index (κ3) is 1.94. The summed E-state index contributed by atoms with van der Waals surface area (Å²) in [5.74, 6) is -0.0529. The van der Waals surface area contributed by atoms with E-state index in [0.29, 0.717) is 12.8 Å². The van der Waals surface area contributed by atoms with E-state index in [1.165, 1.54) is 0 Å². The minimum absolute atomic E-state index is 0.0264. The van der Waals surface area contributed by atoms with Crippen LogP contribution in [0.4, 0.5) is 11.9 Å². The molecule has 62 valence electrons. The molecule has 0 radical (unpaired) electrons. The summed E-state index contributed by atoms with van der Waals surface area (Å²) in [7, 11) is 0. The van der Waals surface area contributed by atoms with E-state index in [9.17, 15) is 9.59 Å². The molecule has 0 spiro atoms. The van der Waals surface area contributed by atoms with Gasteiger partial charge in [-0.2, -0.15) is 0 Å². The fourth-order valence-electron chi connectivity index (χ4n) is 0.450. The average Bonchev–Trinajstić information content (AvgIpc) is 2.09. The lowest BCUT2D eigenvalue weighted by molar-refractivity contribution is -0.106.